The lowest BCUT2D eigenvalue weighted by Crippen LogP contribution is -2.43. The Hall–Kier alpha value is -4.96. The van der Waals surface area contributed by atoms with Crippen molar-refractivity contribution in [1.82, 2.24) is 19.6 Å². The Labute approximate surface area is 292 Å². The Kier molecular flexibility index (Phi) is 13.0. The van der Waals surface area contributed by atoms with Crippen molar-refractivity contribution in [2.45, 2.75) is 83.0 Å². The van der Waals surface area contributed by atoms with Gasteiger partial charge in [-0.15, -0.1) is 0 Å². The smallest absolute Gasteiger partial charge is 0.413 e. The minimum absolute atomic E-state index is 0.0136. The average molecular weight is 740 g/mol. The van der Waals surface area contributed by atoms with Crippen molar-refractivity contribution in [3.8, 4) is 5.75 Å². The summed E-state index contributed by atoms with van der Waals surface area (Å²) in [4.78, 5) is 59.9. The Morgan fingerprint density at radius 3 is 2.43 bits per heavy atom. The van der Waals surface area contributed by atoms with Crippen molar-refractivity contribution in [1.29, 1.82) is 0 Å². The number of aliphatic hydroxyl groups is 2. The number of benzene rings is 1. The first-order valence-electron chi connectivity index (χ1n) is 15.2. The lowest BCUT2D eigenvalue weighted by atomic mass is 9.78. The maximum atomic E-state index is 13.0. The van der Waals surface area contributed by atoms with Gasteiger partial charge in [-0.25, -0.2) is 24.3 Å². The molecule has 0 unspecified atom stereocenters. The number of nitrogens with zero attached hydrogens (tertiary/aromatic N) is 4. The molecule has 20 nitrogen and oxygen atoms in total. The van der Waals surface area contributed by atoms with Gasteiger partial charge in [0.2, 0.25) is 5.91 Å². The second-order valence-electron chi connectivity index (χ2n) is 12.3. The van der Waals surface area contributed by atoms with Gasteiger partial charge in [0.15, 0.2) is 12.0 Å². The van der Waals surface area contributed by atoms with Crippen molar-refractivity contribution in [3.05, 3.63) is 40.8 Å². The van der Waals surface area contributed by atoms with Crippen LogP contribution in [0.3, 0.4) is 0 Å². The zero-order valence-corrected chi connectivity index (χ0v) is 29.2. The third-order valence-corrected chi connectivity index (χ3v) is 8.73. The highest BCUT2D eigenvalue weighted by atomic mass is 32.2. The molecule has 1 saturated heterocycles. The fourth-order valence-corrected chi connectivity index (χ4v) is 6.33. The second kappa shape index (κ2) is 16.4. The summed E-state index contributed by atoms with van der Waals surface area (Å²) in [6, 6.07) is 1.64. The number of nitrogens with one attached hydrogen (secondary N) is 2. The molecule has 2 aromatic rings. The van der Waals surface area contributed by atoms with Crippen LogP contribution in [0.4, 0.5) is 10.6 Å². The van der Waals surface area contributed by atoms with Crippen LogP contribution in [0.15, 0.2) is 28.4 Å². The van der Waals surface area contributed by atoms with Gasteiger partial charge in [-0.1, -0.05) is 19.9 Å². The van der Waals surface area contributed by atoms with E-state index in [0.717, 1.165) is 0 Å². The molecule has 0 radical (unpaired) electrons. The molecule has 21 heteroatoms. The van der Waals surface area contributed by atoms with E-state index < -0.39 is 96.1 Å². The van der Waals surface area contributed by atoms with Crippen LogP contribution in [0.25, 0.3) is 0 Å². The highest BCUT2D eigenvalue weighted by Gasteiger charge is 2.45. The molecular weight excluding hydrogens is 698 g/mol. The Bertz CT molecular complexity index is 1810. The van der Waals surface area contributed by atoms with Crippen LogP contribution < -0.4 is 20.5 Å². The van der Waals surface area contributed by atoms with Crippen LogP contribution in [0.2, 0.25) is 0 Å². The number of carbonyl (C=O) groups is 4. The van der Waals surface area contributed by atoms with E-state index >= 15 is 0 Å². The quantitative estimate of drug-likeness (QED) is 0.0876. The number of aryl methyl sites for hydroxylation is 2. The summed E-state index contributed by atoms with van der Waals surface area (Å²) in [6.07, 6.45) is -7.30. The van der Waals surface area contributed by atoms with Crippen LogP contribution in [-0.2, 0) is 39.0 Å². The molecule has 0 saturated carbocycles. The summed E-state index contributed by atoms with van der Waals surface area (Å²) < 4.78 is 44.5. The van der Waals surface area contributed by atoms with Gasteiger partial charge < -0.3 is 41.0 Å². The summed E-state index contributed by atoms with van der Waals surface area (Å²) in [7, 11) is -3.37. The highest BCUT2D eigenvalue weighted by Crippen LogP contribution is 2.38. The number of aliphatic hydroxyl groups excluding tert-OH is 2. The lowest BCUT2D eigenvalue weighted by Gasteiger charge is -2.29. The summed E-state index contributed by atoms with van der Waals surface area (Å²) in [6.45, 7) is 9.15. The van der Waals surface area contributed by atoms with Gasteiger partial charge in [0.25, 0.3) is 0 Å². The third kappa shape index (κ3) is 10.1. The molecule has 51 heavy (non-hydrogen) atoms. The van der Waals surface area contributed by atoms with Gasteiger partial charge in [0, 0.05) is 30.9 Å². The Morgan fingerprint density at radius 2 is 1.84 bits per heavy atom. The number of ether oxygens (including phenoxy) is 2. The number of carbonyl (C=O) groups excluding carboxylic acids is 2. The van der Waals surface area contributed by atoms with Gasteiger partial charge >= 0.3 is 28.3 Å². The summed E-state index contributed by atoms with van der Waals surface area (Å²) in [5, 5.41) is 41.6. The van der Waals surface area contributed by atoms with E-state index in [1.807, 2.05) is 0 Å². The second-order valence-corrected chi connectivity index (χ2v) is 13.6. The third-order valence-electron chi connectivity index (χ3n) is 7.80. The number of amidine groups is 1. The predicted molar refractivity (Wildman–Crippen MR) is 178 cm³/mol. The van der Waals surface area contributed by atoms with Crippen LogP contribution >= 0.6 is 0 Å². The molecule has 1 aliphatic rings. The van der Waals surface area contributed by atoms with E-state index in [9.17, 15) is 42.9 Å². The first-order chi connectivity index (χ1) is 23.7. The van der Waals surface area contributed by atoms with E-state index in [1.165, 1.54) is 24.0 Å². The number of hydrogen-bond acceptors (Lipinski definition) is 14. The highest BCUT2D eigenvalue weighted by molar-refractivity contribution is 7.85. The van der Waals surface area contributed by atoms with E-state index in [-0.39, 0.29) is 23.1 Å². The molecule has 2 heterocycles. The van der Waals surface area contributed by atoms with Crippen LogP contribution in [-0.4, -0.2) is 113 Å². The first-order valence-corrected chi connectivity index (χ1v) is 16.6. The van der Waals surface area contributed by atoms with E-state index in [0.29, 0.717) is 16.7 Å². The molecule has 1 fully saturated rings. The molecule has 0 aliphatic carbocycles. The van der Waals surface area contributed by atoms with E-state index in [1.54, 1.807) is 38.5 Å². The molecule has 1 aliphatic heterocycles. The largest absolute Gasteiger partial charge is 0.481 e. The molecule has 2 amide bonds. The predicted octanol–water partition coefficient (Wildman–Crippen LogP) is -0.0618. The molecule has 1 aromatic carbocycles. The standard InChI is InChI=1S/C30H41N7O13S/c1-14-9-15(2)21(17(10-14)50-29(45)35-16(28(43)44)7-8-20(39)40)30(3,4)11-19(38)36-51(46,47)48-12-18-23(41)24(42)27(49-18)37-13-34-22(25(31)32-5)26(37)33-6/h9-10,13,16,18,23-24,27,41-42H,6-8,11-12H2,1-5H3,(H2,31,32)(H,35,45)(H,36,38)(H,39,40)(H,43,44)/t16-,18+,23+,24+,27+/m0/s1. The molecule has 0 spiro atoms. The number of amides is 2. The van der Waals surface area contributed by atoms with Crippen LogP contribution in [0.5, 0.6) is 5.75 Å². The average Bonchev–Trinajstić information content (AvgIpc) is 3.56. The Morgan fingerprint density at radius 1 is 1.18 bits per heavy atom. The van der Waals surface area contributed by atoms with Gasteiger partial charge in [0.1, 0.15) is 41.6 Å². The number of carboxylic acids is 2. The number of aromatic nitrogens is 2. The fraction of sp³-hybridized carbons (Fsp3) is 0.500. The van der Waals surface area contributed by atoms with Gasteiger partial charge in [-0.2, -0.15) is 8.42 Å². The molecule has 8 N–H and O–H groups in total. The van der Waals surface area contributed by atoms with Crippen molar-refractivity contribution in [3.63, 3.8) is 0 Å². The molecule has 5 atom stereocenters. The summed E-state index contributed by atoms with van der Waals surface area (Å²) in [5.74, 6) is -3.72. The zero-order chi connectivity index (χ0) is 38.4. The van der Waals surface area contributed by atoms with E-state index in [4.69, 9.17) is 24.5 Å². The summed E-state index contributed by atoms with van der Waals surface area (Å²) in [5.41, 5.74) is 6.27. The molecular formula is C30H41N7O13S. The minimum Gasteiger partial charge on any atom is -0.481 e. The monoisotopic (exact) mass is 739 g/mol. The molecule has 0 bridgehead atoms. The molecule has 1 aromatic heterocycles. The number of imidazole rings is 1. The van der Waals surface area contributed by atoms with Gasteiger partial charge in [-0.3, -0.25) is 23.3 Å². The topological polar surface area (TPSA) is 304 Å². The fourth-order valence-electron chi connectivity index (χ4n) is 5.61. The molecule has 3 rings (SSSR count). The number of hydrogen-bond donors (Lipinski definition) is 7. The maximum absolute atomic E-state index is 13.0. The van der Waals surface area contributed by atoms with Gasteiger partial charge in [-0.05, 0) is 44.2 Å². The number of nitrogens with two attached hydrogens (primary N) is 1. The van der Waals surface area contributed by atoms with E-state index in [2.05, 4.69) is 27.0 Å². The molecule has 280 valence electrons. The van der Waals surface area contributed by atoms with Crippen LogP contribution in [0, 0.1) is 13.8 Å². The zero-order valence-electron chi connectivity index (χ0n) is 28.4. The van der Waals surface area contributed by atoms with Gasteiger partial charge in [0.05, 0.1) is 12.9 Å². The van der Waals surface area contributed by atoms with Crippen LogP contribution in [0.1, 0.15) is 61.7 Å². The normalized spacial score (nSPS) is 20.0. The number of rotatable bonds is 16. The first kappa shape index (κ1) is 40.5. The van der Waals surface area contributed by atoms with Crippen molar-refractivity contribution < 1.29 is 61.7 Å². The maximum Gasteiger partial charge on any atom is 0.413 e. The Balaban J connectivity index is 1.70. The minimum atomic E-state index is -4.79. The summed E-state index contributed by atoms with van der Waals surface area (Å²) >= 11 is 0. The van der Waals surface area contributed by atoms with Crippen molar-refractivity contribution >= 4 is 52.6 Å². The number of aliphatic carboxylic acids is 2. The van der Waals surface area contributed by atoms with Crippen molar-refractivity contribution in [2.24, 2.45) is 15.7 Å². The number of carboxylic acid groups (broad SMARTS) is 2. The SMILES string of the molecule is C=Nc1c(C(N)=NC)ncn1[C@@H]1O[C@H](COS(=O)(=O)NC(=O)CC(C)(C)c2c(C)cc(C)cc2OC(=O)N[C@@H](CCC(=O)O)C(=O)O)[C@@H](O)[C@H]1O. The van der Waals surface area contributed by atoms with Crippen molar-refractivity contribution in [2.75, 3.05) is 13.7 Å². The number of aliphatic imine (C=N–C) groups is 2. The lowest BCUT2D eigenvalue weighted by molar-refractivity contribution is -0.140.